The van der Waals surface area contributed by atoms with Crippen molar-refractivity contribution in [2.75, 3.05) is 13.1 Å². The number of halogens is 2. The van der Waals surface area contributed by atoms with Gasteiger partial charge in [-0.05, 0) is 18.9 Å². The molecule has 1 aromatic rings. The van der Waals surface area contributed by atoms with Gasteiger partial charge < -0.3 is 15.3 Å². The molecule has 0 radical (unpaired) electrons. The Morgan fingerprint density at radius 3 is 2.82 bits per heavy atom. The first-order chi connectivity index (χ1) is 10.3. The van der Waals surface area contributed by atoms with Crippen molar-refractivity contribution < 1.29 is 18.7 Å². The summed E-state index contributed by atoms with van der Waals surface area (Å²) in [5.74, 6) is -2.31. The van der Waals surface area contributed by atoms with E-state index in [1.165, 1.54) is 17.0 Å². The van der Waals surface area contributed by atoms with Crippen LogP contribution in [-0.4, -0.2) is 40.6 Å². The second kappa shape index (κ2) is 6.71. The largest absolute Gasteiger partial charge is 0.379 e. The fourth-order valence-corrected chi connectivity index (χ4v) is 2.63. The zero-order valence-electron chi connectivity index (χ0n) is 12.9. The van der Waals surface area contributed by atoms with Crippen molar-refractivity contribution >= 4 is 5.91 Å². The van der Waals surface area contributed by atoms with Gasteiger partial charge in [-0.3, -0.25) is 4.79 Å². The van der Waals surface area contributed by atoms with Crippen molar-refractivity contribution in [3.63, 3.8) is 0 Å². The van der Waals surface area contributed by atoms with Crippen molar-refractivity contribution in [1.29, 1.82) is 0 Å². The number of nitrogens with zero attached hydrogens (tertiary/aromatic N) is 1. The second-order valence-corrected chi connectivity index (χ2v) is 6.11. The van der Waals surface area contributed by atoms with Crippen LogP contribution in [0.25, 0.3) is 0 Å². The molecule has 0 unspecified atom stereocenters. The van der Waals surface area contributed by atoms with Crippen LogP contribution < -0.4 is 5.32 Å². The summed E-state index contributed by atoms with van der Waals surface area (Å²) in [4.78, 5) is 13.9. The Hall–Kier alpha value is -1.53. The molecule has 0 aliphatic carbocycles. The van der Waals surface area contributed by atoms with Gasteiger partial charge in [0.1, 0.15) is 0 Å². The van der Waals surface area contributed by atoms with Crippen LogP contribution in [0.3, 0.4) is 0 Å². The quantitative estimate of drug-likeness (QED) is 0.872. The molecule has 122 valence electrons. The topological polar surface area (TPSA) is 52.6 Å². The molecule has 0 spiro atoms. The van der Waals surface area contributed by atoms with Crippen molar-refractivity contribution in [1.82, 2.24) is 10.2 Å². The highest BCUT2D eigenvalue weighted by Crippen LogP contribution is 2.25. The van der Waals surface area contributed by atoms with Gasteiger partial charge in [0, 0.05) is 31.2 Å². The lowest BCUT2D eigenvalue weighted by molar-refractivity contribution is -0.157. The molecule has 0 saturated carbocycles. The van der Waals surface area contributed by atoms with E-state index in [1.807, 2.05) is 13.8 Å². The van der Waals surface area contributed by atoms with Crippen LogP contribution >= 0.6 is 0 Å². The molecular weight excluding hydrogens is 290 g/mol. The van der Waals surface area contributed by atoms with Gasteiger partial charge in [-0.15, -0.1) is 0 Å². The number of carbonyl (C=O) groups is 1. The average molecular weight is 312 g/mol. The minimum atomic E-state index is -1.48. The van der Waals surface area contributed by atoms with Crippen molar-refractivity contribution in [2.45, 2.75) is 44.9 Å². The maximum absolute atomic E-state index is 13.7. The zero-order chi connectivity index (χ0) is 16.3. The van der Waals surface area contributed by atoms with E-state index in [4.69, 9.17) is 0 Å². The fourth-order valence-electron chi connectivity index (χ4n) is 2.63. The number of amides is 1. The lowest BCUT2D eigenvalue weighted by Gasteiger charge is -2.38. The van der Waals surface area contributed by atoms with Gasteiger partial charge in [0.2, 0.25) is 0 Å². The SMILES string of the molecule is CC(C)NC[C@@]1(O)CCCN(Cc2cccc(F)c2F)C1=O. The summed E-state index contributed by atoms with van der Waals surface area (Å²) in [5, 5.41) is 13.6. The first-order valence-electron chi connectivity index (χ1n) is 7.51. The third-order valence-corrected chi connectivity index (χ3v) is 3.90. The molecule has 2 N–H and O–H groups in total. The van der Waals surface area contributed by atoms with Gasteiger partial charge >= 0.3 is 0 Å². The van der Waals surface area contributed by atoms with E-state index in [0.29, 0.717) is 19.4 Å². The van der Waals surface area contributed by atoms with E-state index >= 15 is 0 Å². The molecule has 1 aliphatic heterocycles. The Balaban J connectivity index is 2.11. The van der Waals surface area contributed by atoms with Crippen LogP contribution in [0.4, 0.5) is 8.78 Å². The molecule has 22 heavy (non-hydrogen) atoms. The Morgan fingerprint density at radius 1 is 1.41 bits per heavy atom. The number of carbonyl (C=O) groups excluding carboxylic acids is 1. The van der Waals surface area contributed by atoms with Crippen LogP contribution in [0.5, 0.6) is 0 Å². The zero-order valence-corrected chi connectivity index (χ0v) is 12.9. The van der Waals surface area contributed by atoms with Gasteiger partial charge in [0.15, 0.2) is 17.2 Å². The smallest absolute Gasteiger partial charge is 0.256 e. The summed E-state index contributed by atoms with van der Waals surface area (Å²) in [7, 11) is 0. The number of hydrogen-bond donors (Lipinski definition) is 2. The lowest BCUT2D eigenvalue weighted by atomic mass is 9.91. The highest BCUT2D eigenvalue weighted by atomic mass is 19.2. The van der Waals surface area contributed by atoms with Gasteiger partial charge in [-0.25, -0.2) is 8.78 Å². The van der Waals surface area contributed by atoms with Crippen LogP contribution in [-0.2, 0) is 11.3 Å². The average Bonchev–Trinajstić information content (AvgIpc) is 2.47. The molecule has 1 atom stereocenters. The van der Waals surface area contributed by atoms with E-state index in [0.717, 1.165) is 6.07 Å². The normalized spacial score (nSPS) is 22.5. The van der Waals surface area contributed by atoms with E-state index in [1.54, 1.807) is 0 Å². The number of rotatable bonds is 5. The molecule has 6 heteroatoms. The Bertz CT molecular complexity index is 551. The molecule has 1 saturated heterocycles. The summed E-state index contributed by atoms with van der Waals surface area (Å²) >= 11 is 0. The summed E-state index contributed by atoms with van der Waals surface area (Å²) in [6.45, 7) is 4.41. The second-order valence-electron chi connectivity index (χ2n) is 6.11. The van der Waals surface area contributed by atoms with Crippen LogP contribution in [0.15, 0.2) is 18.2 Å². The summed E-state index contributed by atoms with van der Waals surface area (Å²) < 4.78 is 27.0. The third-order valence-electron chi connectivity index (χ3n) is 3.90. The van der Waals surface area contributed by atoms with E-state index in [2.05, 4.69) is 5.32 Å². The Kier molecular flexibility index (Phi) is 5.13. The minimum Gasteiger partial charge on any atom is -0.379 e. The standard InChI is InChI=1S/C16H22F2N2O2/c1-11(2)19-10-16(22)7-4-8-20(15(16)21)9-12-5-3-6-13(17)14(12)18/h3,5-6,11,19,22H,4,7-10H2,1-2H3/t16-/m0/s1. The monoisotopic (exact) mass is 312 g/mol. The van der Waals surface area contributed by atoms with E-state index < -0.39 is 23.1 Å². The van der Waals surface area contributed by atoms with E-state index in [9.17, 15) is 18.7 Å². The maximum Gasteiger partial charge on any atom is 0.256 e. The van der Waals surface area contributed by atoms with Crippen LogP contribution in [0, 0.1) is 11.6 Å². The lowest BCUT2D eigenvalue weighted by Crippen LogP contribution is -2.58. The van der Waals surface area contributed by atoms with E-state index in [-0.39, 0.29) is 24.7 Å². The molecule has 1 amide bonds. The molecule has 4 nitrogen and oxygen atoms in total. The van der Waals surface area contributed by atoms with Crippen molar-refractivity contribution in [3.05, 3.63) is 35.4 Å². The number of piperidine rings is 1. The number of aliphatic hydroxyl groups is 1. The Labute approximate surface area is 129 Å². The fraction of sp³-hybridized carbons (Fsp3) is 0.562. The molecule has 1 heterocycles. The maximum atomic E-state index is 13.7. The predicted molar refractivity (Wildman–Crippen MR) is 79.1 cm³/mol. The summed E-state index contributed by atoms with van der Waals surface area (Å²) in [6, 6.07) is 4.05. The summed E-state index contributed by atoms with van der Waals surface area (Å²) in [5.41, 5.74) is -1.36. The van der Waals surface area contributed by atoms with Gasteiger partial charge in [0.25, 0.3) is 5.91 Å². The van der Waals surface area contributed by atoms with Crippen molar-refractivity contribution in [2.24, 2.45) is 0 Å². The van der Waals surface area contributed by atoms with Gasteiger partial charge in [-0.2, -0.15) is 0 Å². The summed E-state index contributed by atoms with van der Waals surface area (Å²) in [6.07, 6.45) is 0.993. The number of hydrogen-bond acceptors (Lipinski definition) is 3. The predicted octanol–water partition coefficient (Wildman–Crippen LogP) is 1.82. The molecule has 1 aromatic carbocycles. The Morgan fingerprint density at radius 2 is 2.14 bits per heavy atom. The van der Waals surface area contributed by atoms with Gasteiger partial charge in [0.05, 0.1) is 0 Å². The number of nitrogens with one attached hydrogen (secondary N) is 1. The first kappa shape index (κ1) is 16.8. The highest BCUT2D eigenvalue weighted by Gasteiger charge is 2.42. The van der Waals surface area contributed by atoms with Crippen molar-refractivity contribution in [3.8, 4) is 0 Å². The number of likely N-dealkylation sites (tertiary alicyclic amines) is 1. The van der Waals surface area contributed by atoms with Crippen LogP contribution in [0.1, 0.15) is 32.3 Å². The molecule has 1 aliphatic rings. The molecular formula is C16H22F2N2O2. The first-order valence-corrected chi connectivity index (χ1v) is 7.51. The molecule has 2 rings (SSSR count). The van der Waals surface area contributed by atoms with Crippen LogP contribution in [0.2, 0.25) is 0 Å². The molecule has 0 bridgehead atoms. The molecule has 0 aromatic heterocycles. The number of benzene rings is 1. The molecule has 1 fully saturated rings. The third kappa shape index (κ3) is 3.62. The highest BCUT2D eigenvalue weighted by molar-refractivity contribution is 5.86. The van der Waals surface area contributed by atoms with Gasteiger partial charge in [-0.1, -0.05) is 26.0 Å². The minimum absolute atomic E-state index is 0.0353.